The molecule has 0 aliphatic rings. The fourth-order valence-corrected chi connectivity index (χ4v) is 3.57. The average Bonchev–Trinajstić information content (AvgIpc) is 2.88. The van der Waals surface area contributed by atoms with E-state index in [9.17, 15) is 4.39 Å². The number of hydrogen-bond donors (Lipinski definition) is 2. The second-order valence-corrected chi connectivity index (χ2v) is 8.03. The van der Waals surface area contributed by atoms with Gasteiger partial charge in [0.05, 0.1) is 10.7 Å². The fourth-order valence-electron chi connectivity index (χ4n) is 2.64. The van der Waals surface area contributed by atoms with Crippen molar-refractivity contribution in [2.45, 2.75) is 39.5 Å². The normalized spacial score (nSPS) is 11.8. The van der Waals surface area contributed by atoms with Crippen LogP contribution in [-0.4, -0.2) is 31.1 Å². The molecule has 1 heterocycles. The predicted octanol–water partition coefficient (Wildman–Crippen LogP) is 4.20. The van der Waals surface area contributed by atoms with Gasteiger partial charge in [-0.3, -0.25) is 4.99 Å². The molecule has 0 saturated heterocycles. The number of hydrogen-bond acceptors (Lipinski definition) is 3. The minimum absolute atomic E-state index is 0. The summed E-state index contributed by atoms with van der Waals surface area (Å²) in [5, 5.41) is 7.78. The second kappa shape index (κ2) is 10.2. The van der Waals surface area contributed by atoms with Gasteiger partial charge < -0.3 is 10.6 Å². The van der Waals surface area contributed by atoms with Crippen LogP contribution in [0.3, 0.4) is 0 Å². The monoisotopic (exact) mass is 490 g/mol. The lowest BCUT2D eigenvalue weighted by atomic mass is 9.84. The van der Waals surface area contributed by atoms with Crippen molar-refractivity contribution in [3.05, 3.63) is 51.2 Å². The zero-order chi connectivity index (χ0) is 18.4. The Bertz CT molecular complexity index is 743. The molecule has 2 rings (SSSR count). The summed E-state index contributed by atoms with van der Waals surface area (Å²) in [4.78, 5) is 10.0. The standard InChI is InChI=1S/C19H27FN4S.HI/c1-13-17(25-14(2)24-13)9-10-22-18(21-5)23-12-19(3,4)15-7-6-8-16(20)11-15;/h6-8,11H,9-10,12H2,1-5H3,(H2,21,22,23);1H. The SMILES string of the molecule is CN=C(NCCc1sc(C)nc1C)NCC(C)(C)c1cccc(F)c1.I. The number of nitrogens with zero attached hydrogens (tertiary/aromatic N) is 2. The Kier molecular flexibility index (Phi) is 8.95. The van der Waals surface area contributed by atoms with E-state index in [1.807, 2.05) is 19.9 Å². The molecule has 0 aliphatic heterocycles. The summed E-state index contributed by atoms with van der Waals surface area (Å²) in [6, 6.07) is 6.76. The summed E-state index contributed by atoms with van der Waals surface area (Å²) in [7, 11) is 1.76. The molecule has 0 fully saturated rings. The summed E-state index contributed by atoms with van der Waals surface area (Å²) >= 11 is 1.74. The average molecular weight is 490 g/mol. The number of thiazole rings is 1. The molecule has 0 aliphatic carbocycles. The molecule has 144 valence electrons. The number of nitrogens with one attached hydrogen (secondary N) is 2. The number of aromatic nitrogens is 1. The Labute approximate surface area is 176 Å². The summed E-state index contributed by atoms with van der Waals surface area (Å²) in [6.45, 7) is 9.71. The third kappa shape index (κ3) is 6.50. The first kappa shape index (κ1) is 22.8. The van der Waals surface area contributed by atoms with E-state index in [2.05, 4.69) is 34.5 Å². The third-order valence-corrected chi connectivity index (χ3v) is 5.30. The fraction of sp³-hybridized carbons (Fsp3) is 0.474. The first-order chi connectivity index (χ1) is 11.8. The predicted molar refractivity (Wildman–Crippen MR) is 119 cm³/mol. The number of guanidine groups is 1. The third-order valence-electron chi connectivity index (χ3n) is 4.17. The molecule has 0 atom stereocenters. The molecule has 1 aromatic heterocycles. The van der Waals surface area contributed by atoms with Gasteiger partial charge in [0.1, 0.15) is 5.82 Å². The van der Waals surface area contributed by atoms with E-state index >= 15 is 0 Å². The lowest BCUT2D eigenvalue weighted by Gasteiger charge is -2.26. The molecule has 1 aromatic carbocycles. The molecule has 0 unspecified atom stereocenters. The van der Waals surface area contributed by atoms with E-state index in [4.69, 9.17) is 0 Å². The highest BCUT2D eigenvalue weighted by atomic mass is 127. The Morgan fingerprint density at radius 1 is 1.27 bits per heavy atom. The molecule has 0 bridgehead atoms. The maximum atomic E-state index is 13.5. The Morgan fingerprint density at radius 2 is 2.00 bits per heavy atom. The maximum Gasteiger partial charge on any atom is 0.191 e. The van der Waals surface area contributed by atoms with E-state index < -0.39 is 0 Å². The molecule has 2 N–H and O–H groups in total. The lowest BCUT2D eigenvalue weighted by molar-refractivity contribution is 0.503. The summed E-state index contributed by atoms with van der Waals surface area (Å²) < 4.78 is 13.5. The number of benzene rings is 1. The van der Waals surface area contributed by atoms with Crippen molar-refractivity contribution in [1.82, 2.24) is 15.6 Å². The van der Waals surface area contributed by atoms with Crippen LogP contribution >= 0.6 is 35.3 Å². The first-order valence-electron chi connectivity index (χ1n) is 8.45. The molecular formula is C19H28FIN4S. The van der Waals surface area contributed by atoms with Gasteiger partial charge in [-0.15, -0.1) is 35.3 Å². The molecule has 0 amide bonds. The van der Waals surface area contributed by atoms with Crippen molar-refractivity contribution in [2.75, 3.05) is 20.1 Å². The summed E-state index contributed by atoms with van der Waals surface area (Å²) in [5.41, 5.74) is 1.87. The smallest absolute Gasteiger partial charge is 0.191 e. The van der Waals surface area contributed by atoms with Gasteiger partial charge in [0, 0.05) is 36.9 Å². The number of rotatable bonds is 6. The van der Waals surface area contributed by atoms with Gasteiger partial charge >= 0.3 is 0 Å². The molecule has 0 radical (unpaired) electrons. The van der Waals surface area contributed by atoms with Crippen molar-refractivity contribution in [3.8, 4) is 0 Å². The Hall–Kier alpha value is -1.22. The van der Waals surface area contributed by atoms with E-state index in [0.717, 1.165) is 35.2 Å². The van der Waals surface area contributed by atoms with Crippen molar-refractivity contribution in [3.63, 3.8) is 0 Å². The van der Waals surface area contributed by atoms with Crippen LogP contribution in [0.1, 0.15) is 35.0 Å². The van der Waals surface area contributed by atoms with Crippen LogP contribution in [-0.2, 0) is 11.8 Å². The van der Waals surface area contributed by atoms with Crippen LogP contribution in [0.5, 0.6) is 0 Å². The molecular weight excluding hydrogens is 462 g/mol. The van der Waals surface area contributed by atoms with Crippen molar-refractivity contribution < 1.29 is 4.39 Å². The van der Waals surface area contributed by atoms with Gasteiger partial charge in [-0.05, 0) is 31.5 Å². The highest BCUT2D eigenvalue weighted by Gasteiger charge is 2.21. The van der Waals surface area contributed by atoms with Crippen LogP contribution in [0.15, 0.2) is 29.3 Å². The quantitative estimate of drug-likeness (QED) is 0.363. The first-order valence-corrected chi connectivity index (χ1v) is 9.27. The largest absolute Gasteiger partial charge is 0.356 e. The van der Waals surface area contributed by atoms with Crippen LogP contribution in [0.4, 0.5) is 4.39 Å². The number of halogens is 2. The second-order valence-electron chi connectivity index (χ2n) is 6.74. The van der Waals surface area contributed by atoms with E-state index in [0.29, 0.717) is 6.54 Å². The molecule has 4 nitrogen and oxygen atoms in total. The van der Waals surface area contributed by atoms with Crippen LogP contribution in [0.2, 0.25) is 0 Å². The van der Waals surface area contributed by atoms with Gasteiger partial charge in [0.2, 0.25) is 0 Å². The molecule has 0 saturated carbocycles. The van der Waals surface area contributed by atoms with Crippen molar-refractivity contribution in [1.29, 1.82) is 0 Å². The lowest BCUT2D eigenvalue weighted by Crippen LogP contribution is -2.44. The van der Waals surface area contributed by atoms with Gasteiger partial charge in [0.25, 0.3) is 0 Å². The van der Waals surface area contributed by atoms with E-state index in [-0.39, 0.29) is 35.2 Å². The Balaban J connectivity index is 0.00000338. The zero-order valence-corrected chi connectivity index (χ0v) is 19.2. The van der Waals surface area contributed by atoms with Gasteiger partial charge in [-0.1, -0.05) is 26.0 Å². The van der Waals surface area contributed by atoms with Crippen LogP contribution in [0.25, 0.3) is 0 Å². The van der Waals surface area contributed by atoms with Crippen LogP contribution in [0, 0.1) is 19.7 Å². The van der Waals surface area contributed by atoms with Gasteiger partial charge in [0.15, 0.2) is 5.96 Å². The summed E-state index contributed by atoms with van der Waals surface area (Å²) in [6.07, 6.45) is 0.922. The van der Waals surface area contributed by atoms with Gasteiger partial charge in [-0.25, -0.2) is 9.37 Å². The number of aryl methyl sites for hydroxylation is 2. The van der Waals surface area contributed by atoms with Crippen molar-refractivity contribution in [2.24, 2.45) is 4.99 Å². The van der Waals surface area contributed by atoms with E-state index in [1.54, 1.807) is 30.5 Å². The van der Waals surface area contributed by atoms with Gasteiger partial charge in [-0.2, -0.15) is 0 Å². The van der Waals surface area contributed by atoms with E-state index in [1.165, 1.54) is 10.9 Å². The highest BCUT2D eigenvalue weighted by molar-refractivity contribution is 14.0. The Morgan fingerprint density at radius 3 is 2.58 bits per heavy atom. The van der Waals surface area contributed by atoms with Crippen molar-refractivity contribution >= 4 is 41.3 Å². The molecule has 7 heteroatoms. The minimum Gasteiger partial charge on any atom is -0.356 e. The summed E-state index contributed by atoms with van der Waals surface area (Å²) in [5.74, 6) is 0.548. The highest BCUT2D eigenvalue weighted by Crippen LogP contribution is 2.22. The molecule has 2 aromatic rings. The maximum absolute atomic E-state index is 13.5. The molecule has 0 spiro atoms. The topological polar surface area (TPSA) is 49.3 Å². The molecule has 26 heavy (non-hydrogen) atoms. The minimum atomic E-state index is -0.205. The zero-order valence-electron chi connectivity index (χ0n) is 16.0. The van der Waals surface area contributed by atoms with Crippen LogP contribution < -0.4 is 10.6 Å². The number of aliphatic imine (C=N–C) groups is 1.